The summed E-state index contributed by atoms with van der Waals surface area (Å²) in [5, 5.41) is 13.3. The van der Waals surface area contributed by atoms with Crippen LogP contribution in [0, 0.1) is 18.6 Å². The Labute approximate surface area is 152 Å². The van der Waals surface area contributed by atoms with Crippen molar-refractivity contribution in [3.05, 3.63) is 77.4 Å². The zero-order valence-electron chi connectivity index (χ0n) is 13.9. The van der Waals surface area contributed by atoms with Crippen molar-refractivity contribution in [2.45, 2.75) is 17.8 Å². The lowest BCUT2D eigenvalue weighted by Crippen LogP contribution is -1.97. The van der Waals surface area contributed by atoms with Gasteiger partial charge in [-0.1, -0.05) is 41.6 Å². The van der Waals surface area contributed by atoms with Crippen LogP contribution in [0.15, 0.2) is 59.8 Å². The van der Waals surface area contributed by atoms with Gasteiger partial charge in [-0.3, -0.25) is 0 Å². The van der Waals surface area contributed by atoms with Crippen molar-refractivity contribution in [3.8, 4) is 11.3 Å². The Balaban J connectivity index is 1.64. The Morgan fingerprint density at radius 2 is 1.77 bits per heavy atom. The fourth-order valence-electron chi connectivity index (χ4n) is 2.53. The highest BCUT2D eigenvalue weighted by atomic mass is 32.2. The molecule has 4 nitrogen and oxygen atoms in total. The molecule has 0 aliphatic carbocycles. The van der Waals surface area contributed by atoms with Gasteiger partial charge in [0.25, 0.3) is 0 Å². The number of nitrogens with zero attached hydrogens (tertiary/aromatic N) is 4. The lowest BCUT2D eigenvalue weighted by atomic mass is 10.1. The first kappa shape index (κ1) is 16.7. The quantitative estimate of drug-likeness (QED) is 0.491. The predicted molar refractivity (Wildman–Crippen MR) is 96.9 cm³/mol. The molecule has 0 saturated carbocycles. The first-order chi connectivity index (χ1) is 12.6. The minimum atomic E-state index is -0.465. The number of aromatic nitrogens is 4. The number of thioether (sulfide) groups is 1. The van der Waals surface area contributed by atoms with Crippen molar-refractivity contribution < 1.29 is 8.78 Å². The molecule has 0 atom stereocenters. The monoisotopic (exact) mass is 368 g/mol. The highest BCUT2D eigenvalue weighted by Crippen LogP contribution is 2.25. The molecular formula is C19H14F2N4S. The lowest BCUT2D eigenvalue weighted by molar-refractivity contribution is 0.591. The number of hydrogen-bond acceptors (Lipinski definition) is 4. The van der Waals surface area contributed by atoms with Crippen LogP contribution >= 0.6 is 11.8 Å². The molecule has 0 fully saturated rings. The van der Waals surface area contributed by atoms with Crippen molar-refractivity contribution in [2.75, 3.05) is 0 Å². The molecule has 0 saturated heterocycles. The highest BCUT2D eigenvalue weighted by molar-refractivity contribution is 7.98. The van der Waals surface area contributed by atoms with Crippen LogP contribution in [0.3, 0.4) is 0 Å². The van der Waals surface area contributed by atoms with Crippen molar-refractivity contribution >= 4 is 17.4 Å². The molecule has 0 amide bonds. The fraction of sp³-hybridized carbons (Fsp3) is 0.105. The molecule has 2 heterocycles. The Morgan fingerprint density at radius 3 is 2.58 bits per heavy atom. The molecule has 0 spiro atoms. The number of aryl methyl sites for hydroxylation is 1. The van der Waals surface area contributed by atoms with E-state index in [0.717, 1.165) is 23.4 Å². The first-order valence-corrected chi connectivity index (χ1v) is 8.95. The molecule has 2 aromatic heterocycles. The number of fused-ring (bicyclic) bond motifs is 1. The van der Waals surface area contributed by atoms with Gasteiger partial charge in [0.05, 0.1) is 5.69 Å². The molecule has 2 aromatic carbocycles. The van der Waals surface area contributed by atoms with Crippen molar-refractivity contribution in [1.82, 2.24) is 19.8 Å². The van der Waals surface area contributed by atoms with Gasteiger partial charge in [-0.2, -0.15) is 9.61 Å². The molecule has 0 radical (unpaired) electrons. The van der Waals surface area contributed by atoms with Crippen LogP contribution in [0.4, 0.5) is 8.78 Å². The summed E-state index contributed by atoms with van der Waals surface area (Å²) in [6, 6.07) is 15.2. The maximum absolute atomic E-state index is 13.8. The third-order valence-corrected chi connectivity index (χ3v) is 4.91. The van der Waals surface area contributed by atoms with Gasteiger partial charge >= 0.3 is 0 Å². The summed E-state index contributed by atoms with van der Waals surface area (Å²) in [6.07, 6.45) is 0. The van der Waals surface area contributed by atoms with E-state index in [9.17, 15) is 8.78 Å². The maximum atomic E-state index is 13.8. The molecule has 0 bridgehead atoms. The molecule has 0 aliphatic rings. The molecule has 26 heavy (non-hydrogen) atoms. The smallest absolute Gasteiger partial charge is 0.207 e. The molecule has 4 aromatic rings. The number of benzene rings is 2. The van der Waals surface area contributed by atoms with E-state index in [0.29, 0.717) is 10.8 Å². The molecule has 7 heteroatoms. The second-order valence-electron chi connectivity index (χ2n) is 5.86. The van der Waals surface area contributed by atoms with E-state index in [-0.39, 0.29) is 11.3 Å². The SMILES string of the molecule is Cc1ccc(-c2ccc3nnc(SCc4cc(F)ccc4F)n3n2)cc1. The van der Waals surface area contributed by atoms with E-state index in [1.807, 2.05) is 43.3 Å². The number of halogens is 2. The average Bonchev–Trinajstić information content (AvgIpc) is 3.05. The summed E-state index contributed by atoms with van der Waals surface area (Å²) >= 11 is 1.26. The van der Waals surface area contributed by atoms with E-state index in [1.54, 1.807) is 4.52 Å². The maximum Gasteiger partial charge on any atom is 0.212 e. The first-order valence-electron chi connectivity index (χ1n) is 7.96. The van der Waals surface area contributed by atoms with Crippen LogP contribution < -0.4 is 0 Å². The van der Waals surface area contributed by atoms with Crippen LogP contribution in [-0.2, 0) is 5.75 Å². The summed E-state index contributed by atoms with van der Waals surface area (Å²) in [7, 11) is 0. The van der Waals surface area contributed by atoms with Crippen molar-refractivity contribution in [3.63, 3.8) is 0 Å². The molecule has 0 aliphatic heterocycles. The van der Waals surface area contributed by atoms with Gasteiger partial charge in [-0.25, -0.2) is 8.78 Å². The topological polar surface area (TPSA) is 43.1 Å². The molecule has 130 valence electrons. The minimum absolute atomic E-state index is 0.237. The van der Waals surface area contributed by atoms with E-state index in [2.05, 4.69) is 15.3 Å². The van der Waals surface area contributed by atoms with E-state index in [1.165, 1.54) is 23.4 Å². The van der Waals surface area contributed by atoms with Crippen LogP contribution in [0.25, 0.3) is 16.9 Å². The summed E-state index contributed by atoms with van der Waals surface area (Å²) in [6.45, 7) is 2.03. The molecule has 4 rings (SSSR count). The Bertz CT molecular complexity index is 1080. The second-order valence-corrected chi connectivity index (χ2v) is 6.80. The highest BCUT2D eigenvalue weighted by Gasteiger charge is 2.11. The van der Waals surface area contributed by atoms with Gasteiger partial charge in [-0.15, -0.1) is 10.2 Å². The second kappa shape index (κ2) is 6.84. The van der Waals surface area contributed by atoms with Gasteiger partial charge < -0.3 is 0 Å². The normalized spacial score (nSPS) is 11.2. The molecular weight excluding hydrogens is 354 g/mol. The van der Waals surface area contributed by atoms with E-state index >= 15 is 0 Å². The summed E-state index contributed by atoms with van der Waals surface area (Å²) in [5.74, 6) is -0.671. The molecule has 0 unspecified atom stereocenters. The van der Waals surface area contributed by atoms with Gasteiger partial charge in [0.15, 0.2) is 5.65 Å². The van der Waals surface area contributed by atoms with Crippen LogP contribution in [0.2, 0.25) is 0 Å². The third-order valence-electron chi connectivity index (χ3n) is 3.95. The van der Waals surface area contributed by atoms with Gasteiger partial charge in [0.2, 0.25) is 5.16 Å². The summed E-state index contributed by atoms with van der Waals surface area (Å²) in [4.78, 5) is 0. The lowest BCUT2D eigenvalue weighted by Gasteiger charge is -2.04. The van der Waals surface area contributed by atoms with Crippen molar-refractivity contribution in [2.24, 2.45) is 0 Å². The van der Waals surface area contributed by atoms with Crippen LogP contribution in [-0.4, -0.2) is 19.8 Å². The van der Waals surface area contributed by atoms with Crippen LogP contribution in [0.1, 0.15) is 11.1 Å². The number of rotatable bonds is 4. The standard InChI is InChI=1S/C19H14F2N4S/c1-12-2-4-13(5-3-12)17-8-9-18-22-23-19(25(18)24-17)26-11-14-10-15(20)6-7-16(14)21/h2-10H,11H2,1H3. The Hall–Kier alpha value is -2.80. The third kappa shape index (κ3) is 3.30. The zero-order valence-corrected chi connectivity index (χ0v) is 14.7. The van der Waals surface area contributed by atoms with Crippen molar-refractivity contribution in [1.29, 1.82) is 0 Å². The fourth-order valence-corrected chi connectivity index (χ4v) is 3.39. The summed E-state index contributed by atoms with van der Waals surface area (Å²) < 4.78 is 28.7. The Morgan fingerprint density at radius 1 is 0.962 bits per heavy atom. The van der Waals surface area contributed by atoms with Gasteiger partial charge in [0.1, 0.15) is 11.6 Å². The molecule has 0 N–H and O–H groups in total. The Kier molecular flexibility index (Phi) is 4.38. The summed E-state index contributed by atoms with van der Waals surface area (Å²) in [5.41, 5.74) is 3.83. The van der Waals surface area contributed by atoms with Crippen LogP contribution in [0.5, 0.6) is 0 Å². The zero-order chi connectivity index (χ0) is 18.1. The minimum Gasteiger partial charge on any atom is -0.207 e. The van der Waals surface area contributed by atoms with E-state index in [4.69, 9.17) is 0 Å². The largest absolute Gasteiger partial charge is 0.212 e. The van der Waals surface area contributed by atoms with E-state index < -0.39 is 11.6 Å². The van der Waals surface area contributed by atoms with Gasteiger partial charge in [-0.05, 0) is 37.3 Å². The number of hydrogen-bond donors (Lipinski definition) is 0. The average molecular weight is 368 g/mol. The van der Waals surface area contributed by atoms with Gasteiger partial charge in [0, 0.05) is 16.9 Å². The predicted octanol–water partition coefficient (Wildman–Crippen LogP) is 4.67.